The van der Waals surface area contributed by atoms with Gasteiger partial charge >= 0.3 is 0 Å². The van der Waals surface area contributed by atoms with Crippen molar-refractivity contribution in [2.75, 3.05) is 0 Å². The summed E-state index contributed by atoms with van der Waals surface area (Å²) in [5, 5.41) is 8.92. The van der Waals surface area contributed by atoms with E-state index in [1.165, 1.54) is 5.56 Å². The van der Waals surface area contributed by atoms with E-state index in [0.717, 1.165) is 10.9 Å². The summed E-state index contributed by atoms with van der Waals surface area (Å²) in [4.78, 5) is 0. The first kappa shape index (κ1) is 6.28. The lowest BCUT2D eigenvalue weighted by molar-refractivity contribution is 1.08. The van der Waals surface area contributed by atoms with Gasteiger partial charge in [-0.15, -0.1) is 0 Å². The fourth-order valence-electron chi connectivity index (χ4n) is 1.11. The Morgan fingerprint density at radius 1 is 1.18 bits per heavy atom. The van der Waals surface area contributed by atoms with Crippen LogP contribution >= 0.6 is 0 Å². The van der Waals surface area contributed by atoms with Crippen molar-refractivity contribution in [1.82, 2.24) is 10.2 Å². The predicted molar refractivity (Wildman–Crippen MR) is 44.3 cm³/mol. The Morgan fingerprint density at radius 3 is 3.00 bits per heavy atom. The van der Waals surface area contributed by atoms with E-state index in [0.29, 0.717) is 0 Å². The molecule has 0 bridgehead atoms. The Labute approximate surface area is 64.9 Å². The van der Waals surface area contributed by atoms with Crippen LogP contribution in [0.2, 0.25) is 0 Å². The maximum atomic E-state index is 3.97. The summed E-state index contributed by atoms with van der Waals surface area (Å²) in [5.41, 5.74) is 2.21. The third kappa shape index (κ3) is 1.07. The summed E-state index contributed by atoms with van der Waals surface area (Å²) in [6, 6.07) is 8.09. The number of aryl methyl sites for hydroxylation is 1. The van der Waals surface area contributed by atoms with Gasteiger partial charge in [0.2, 0.25) is 0 Å². The summed E-state index contributed by atoms with van der Waals surface area (Å²) < 4.78 is 0. The molecule has 0 saturated heterocycles. The highest BCUT2D eigenvalue weighted by Gasteiger charge is 1.91. The van der Waals surface area contributed by atoms with Crippen LogP contribution < -0.4 is 0 Å². The van der Waals surface area contributed by atoms with Crippen LogP contribution in [0.4, 0.5) is 0 Å². The lowest BCUT2D eigenvalue weighted by Gasteiger charge is -1.95. The van der Waals surface area contributed by atoms with E-state index < -0.39 is 0 Å². The fourth-order valence-corrected chi connectivity index (χ4v) is 1.11. The molecule has 0 saturated carbocycles. The van der Waals surface area contributed by atoms with E-state index in [2.05, 4.69) is 23.2 Å². The molecule has 0 aliphatic rings. The Hall–Kier alpha value is -1.44. The molecule has 2 aromatic rings. The zero-order valence-electron chi connectivity index (χ0n) is 6.28. The van der Waals surface area contributed by atoms with Gasteiger partial charge in [0.15, 0.2) is 0 Å². The van der Waals surface area contributed by atoms with Gasteiger partial charge < -0.3 is 0 Å². The molecular weight excluding hydrogens is 136 g/mol. The van der Waals surface area contributed by atoms with Crippen molar-refractivity contribution in [3.8, 4) is 0 Å². The van der Waals surface area contributed by atoms with Gasteiger partial charge in [-0.2, -0.15) is 10.2 Å². The quantitative estimate of drug-likeness (QED) is 0.564. The van der Waals surface area contributed by atoms with Gasteiger partial charge in [-0.3, -0.25) is 0 Å². The van der Waals surface area contributed by atoms with Crippen molar-refractivity contribution in [3.63, 3.8) is 0 Å². The average molecular weight is 144 g/mol. The molecule has 0 radical (unpaired) electrons. The minimum atomic E-state index is 0.957. The van der Waals surface area contributed by atoms with Crippen LogP contribution in [0.1, 0.15) is 5.56 Å². The van der Waals surface area contributed by atoms with E-state index in [4.69, 9.17) is 0 Å². The van der Waals surface area contributed by atoms with Gasteiger partial charge in [-0.25, -0.2) is 0 Å². The number of hydrogen-bond acceptors (Lipinski definition) is 2. The highest BCUT2D eigenvalue weighted by Crippen LogP contribution is 2.10. The SMILES string of the molecule is Cc1ccc2nnccc2c1. The number of hydrogen-bond donors (Lipinski definition) is 0. The topological polar surface area (TPSA) is 25.8 Å². The molecule has 0 atom stereocenters. The highest BCUT2D eigenvalue weighted by atomic mass is 15.1. The van der Waals surface area contributed by atoms with E-state index in [1.807, 2.05) is 18.2 Å². The number of fused-ring (bicyclic) bond motifs is 1. The third-order valence-electron chi connectivity index (χ3n) is 1.67. The van der Waals surface area contributed by atoms with Crippen molar-refractivity contribution < 1.29 is 0 Å². The molecular formula is C9H8N2. The molecule has 2 nitrogen and oxygen atoms in total. The minimum Gasteiger partial charge on any atom is -0.159 e. The van der Waals surface area contributed by atoms with E-state index >= 15 is 0 Å². The molecule has 0 fully saturated rings. The molecule has 0 aliphatic heterocycles. The molecule has 2 rings (SSSR count). The van der Waals surface area contributed by atoms with Crippen LogP contribution in [0.25, 0.3) is 10.9 Å². The molecule has 54 valence electrons. The van der Waals surface area contributed by atoms with Crippen LogP contribution in [0, 0.1) is 6.92 Å². The fraction of sp³-hybridized carbons (Fsp3) is 0.111. The second-order valence-corrected chi connectivity index (χ2v) is 2.59. The van der Waals surface area contributed by atoms with Crippen molar-refractivity contribution >= 4 is 10.9 Å². The van der Waals surface area contributed by atoms with E-state index in [9.17, 15) is 0 Å². The summed E-state index contributed by atoms with van der Waals surface area (Å²) in [7, 11) is 0. The van der Waals surface area contributed by atoms with Crippen molar-refractivity contribution in [1.29, 1.82) is 0 Å². The van der Waals surface area contributed by atoms with Crippen molar-refractivity contribution in [2.45, 2.75) is 6.92 Å². The Balaban J connectivity index is 2.83. The van der Waals surface area contributed by atoms with Gasteiger partial charge in [-0.05, 0) is 25.1 Å². The number of benzene rings is 1. The van der Waals surface area contributed by atoms with Gasteiger partial charge in [0.1, 0.15) is 0 Å². The summed E-state index contributed by atoms with van der Waals surface area (Å²) in [6.07, 6.45) is 1.71. The molecule has 2 heteroatoms. The highest BCUT2D eigenvalue weighted by molar-refractivity contribution is 5.78. The van der Waals surface area contributed by atoms with Crippen LogP contribution in [0.15, 0.2) is 30.5 Å². The predicted octanol–water partition coefficient (Wildman–Crippen LogP) is 1.94. The molecule has 1 aromatic heterocycles. The first-order valence-electron chi connectivity index (χ1n) is 3.54. The number of aromatic nitrogens is 2. The van der Waals surface area contributed by atoms with E-state index in [1.54, 1.807) is 6.20 Å². The maximum absolute atomic E-state index is 3.97. The van der Waals surface area contributed by atoms with Crippen LogP contribution in [-0.2, 0) is 0 Å². The molecule has 11 heavy (non-hydrogen) atoms. The third-order valence-corrected chi connectivity index (χ3v) is 1.67. The Kier molecular flexibility index (Phi) is 1.32. The first-order valence-corrected chi connectivity index (χ1v) is 3.54. The standard InChI is InChI=1S/C9H8N2/c1-7-2-3-9-8(6-7)4-5-10-11-9/h2-6H,1H3. The Bertz CT molecular complexity index is 382. The molecule has 1 aromatic carbocycles. The second kappa shape index (κ2) is 2.31. The molecule has 0 amide bonds. The monoisotopic (exact) mass is 144 g/mol. The second-order valence-electron chi connectivity index (χ2n) is 2.59. The zero-order chi connectivity index (χ0) is 7.68. The smallest absolute Gasteiger partial charge is 0.0929 e. The largest absolute Gasteiger partial charge is 0.159 e. The maximum Gasteiger partial charge on any atom is 0.0929 e. The summed E-state index contributed by atoms with van der Waals surface area (Å²) >= 11 is 0. The van der Waals surface area contributed by atoms with Gasteiger partial charge in [0, 0.05) is 5.39 Å². The molecule has 0 N–H and O–H groups in total. The van der Waals surface area contributed by atoms with Gasteiger partial charge in [0.25, 0.3) is 0 Å². The number of rotatable bonds is 0. The van der Waals surface area contributed by atoms with Crippen LogP contribution in [0.3, 0.4) is 0 Å². The lowest BCUT2D eigenvalue weighted by Crippen LogP contribution is -1.81. The normalized spacial score (nSPS) is 10.3. The van der Waals surface area contributed by atoms with Crippen molar-refractivity contribution in [2.24, 2.45) is 0 Å². The van der Waals surface area contributed by atoms with E-state index in [-0.39, 0.29) is 0 Å². The first-order chi connectivity index (χ1) is 5.36. The lowest BCUT2D eigenvalue weighted by atomic mass is 10.2. The molecule has 0 unspecified atom stereocenters. The van der Waals surface area contributed by atoms with Crippen molar-refractivity contribution in [3.05, 3.63) is 36.0 Å². The van der Waals surface area contributed by atoms with Gasteiger partial charge in [-0.1, -0.05) is 11.6 Å². The van der Waals surface area contributed by atoms with Gasteiger partial charge in [0.05, 0.1) is 11.7 Å². The van der Waals surface area contributed by atoms with Crippen LogP contribution in [-0.4, -0.2) is 10.2 Å². The Morgan fingerprint density at radius 2 is 2.09 bits per heavy atom. The average Bonchev–Trinajstić information content (AvgIpc) is 2.04. The van der Waals surface area contributed by atoms with Crippen LogP contribution in [0.5, 0.6) is 0 Å². The summed E-state index contributed by atoms with van der Waals surface area (Å²) in [6.45, 7) is 2.07. The zero-order valence-corrected chi connectivity index (χ0v) is 6.28. The molecule has 0 aliphatic carbocycles. The summed E-state index contributed by atoms with van der Waals surface area (Å²) in [5.74, 6) is 0. The molecule has 1 heterocycles. The molecule has 0 spiro atoms. The minimum absolute atomic E-state index is 0.957. The number of nitrogens with zero attached hydrogens (tertiary/aromatic N) is 2.